The highest BCUT2D eigenvalue weighted by atomic mass is 35.5. The molecule has 0 aromatic heterocycles. The summed E-state index contributed by atoms with van der Waals surface area (Å²) in [5.41, 5.74) is 2.73. The predicted molar refractivity (Wildman–Crippen MR) is 305 cm³/mol. The summed E-state index contributed by atoms with van der Waals surface area (Å²) in [5, 5.41) is 19.4. The van der Waals surface area contributed by atoms with Gasteiger partial charge in [0.25, 0.3) is 0 Å². The van der Waals surface area contributed by atoms with Gasteiger partial charge in [0.2, 0.25) is 23.6 Å². The average Bonchev–Trinajstić information content (AvgIpc) is 3.70. The summed E-state index contributed by atoms with van der Waals surface area (Å²) in [7, 11) is 4.30. The van der Waals surface area contributed by atoms with Gasteiger partial charge in [0.1, 0.15) is 57.7 Å². The zero-order chi connectivity index (χ0) is 62.0. The number of nitrogens with zero attached hydrogens (tertiary/aromatic N) is 2. The maximum Gasteiger partial charge on any atom is 0.412 e. The molecule has 0 radical (unpaired) electrons. The number of carbonyl (C=O) groups is 9. The number of ether oxygens (including phenoxy) is 5. The van der Waals surface area contributed by atoms with E-state index in [4.69, 9.17) is 41.0 Å². The number of hydrogen-bond acceptors (Lipinski definition) is 15. The number of rotatable bonds is 22. The highest BCUT2D eigenvalue weighted by Crippen LogP contribution is 2.50. The first-order valence-electron chi connectivity index (χ1n) is 28.4. The molecule has 6 rings (SSSR count). The van der Waals surface area contributed by atoms with Crippen LogP contribution < -0.4 is 31.3 Å². The Kier molecular flexibility index (Phi) is 22.8. The smallest absolute Gasteiger partial charge is 0.412 e. The molecular formula is C60H79ClF2N6O15. The summed E-state index contributed by atoms with van der Waals surface area (Å²) >= 11 is 6.80. The molecule has 460 valence electrons. The fraction of sp³-hybridized carbons (Fsp3) is 0.583. The second-order valence-corrected chi connectivity index (χ2v) is 23.5. The van der Waals surface area contributed by atoms with Crippen molar-refractivity contribution in [3.8, 4) is 5.75 Å². The Morgan fingerprint density at radius 2 is 1.70 bits per heavy atom. The number of unbranched alkanes of at least 4 members (excludes halogenated alkanes) is 2. The minimum Gasteiger partial charge on any atom is -0.495 e. The maximum atomic E-state index is 16.1. The Hall–Kier alpha value is -6.82. The van der Waals surface area contributed by atoms with Crippen molar-refractivity contribution in [3.05, 3.63) is 75.9 Å². The molecule has 84 heavy (non-hydrogen) atoms. The highest BCUT2D eigenvalue weighted by molar-refractivity contribution is 6.35. The number of nitrogens with two attached hydrogens (primary N) is 1. The van der Waals surface area contributed by atoms with Crippen LogP contribution in [0.25, 0.3) is 0 Å². The monoisotopic (exact) mass is 1200 g/mol. The first kappa shape index (κ1) is 66.3. The quantitative estimate of drug-likeness (QED) is 0.0339. The molecule has 4 bridgehead atoms. The molecule has 21 nitrogen and oxygen atoms in total. The number of epoxide rings is 1. The number of fused-ring (bicyclic) bond motifs is 5. The van der Waals surface area contributed by atoms with Gasteiger partial charge in [0, 0.05) is 83.2 Å². The van der Waals surface area contributed by atoms with E-state index >= 15 is 8.78 Å². The lowest BCUT2D eigenvalue weighted by Crippen LogP contribution is -2.53. The van der Waals surface area contributed by atoms with E-state index in [0.29, 0.717) is 43.4 Å². The van der Waals surface area contributed by atoms with Crippen LogP contribution >= 0.6 is 11.6 Å². The number of anilines is 2. The average molecular weight is 1200 g/mol. The van der Waals surface area contributed by atoms with Crippen molar-refractivity contribution in [1.82, 2.24) is 15.5 Å². The van der Waals surface area contributed by atoms with Crippen LogP contribution in [0, 0.1) is 35.3 Å². The zero-order valence-corrected chi connectivity index (χ0v) is 49.9. The first-order valence-corrected chi connectivity index (χ1v) is 28.7. The van der Waals surface area contributed by atoms with Crippen molar-refractivity contribution in [1.29, 1.82) is 0 Å². The van der Waals surface area contributed by atoms with Gasteiger partial charge in [-0.2, -0.15) is 0 Å². The molecule has 10 atom stereocenters. The molecule has 1 unspecified atom stereocenters. The van der Waals surface area contributed by atoms with Crippen LogP contribution in [0.2, 0.25) is 5.02 Å². The Bertz CT molecular complexity index is 2900. The second kappa shape index (κ2) is 28.8. The largest absolute Gasteiger partial charge is 0.495 e. The number of benzene rings is 2. The maximum absolute atomic E-state index is 16.1. The van der Waals surface area contributed by atoms with E-state index in [1.165, 1.54) is 31.1 Å². The van der Waals surface area contributed by atoms with Crippen LogP contribution in [0.1, 0.15) is 123 Å². The summed E-state index contributed by atoms with van der Waals surface area (Å²) < 4.78 is 61.4. The van der Waals surface area contributed by atoms with Gasteiger partial charge >= 0.3 is 18.1 Å². The number of ketones is 2. The molecule has 4 heterocycles. The molecular weight excluding hydrogens is 1120 g/mol. The van der Waals surface area contributed by atoms with E-state index in [2.05, 4.69) is 16.0 Å². The lowest BCUT2D eigenvalue weighted by atomic mass is 9.78. The molecule has 3 fully saturated rings. The minimum atomic E-state index is -1.71. The van der Waals surface area contributed by atoms with E-state index in [1.54, 1.807) is 58.9 Å². The van der Waals surface area contributed by atoms with E-state index in [0.717, 1.165) is 5.57 Å². The van der Waals surface area contributed by atoms with E-state index < -0.39 is 125 Å². The molecule has 4 aliphatic rings. The fourth-order valence-corrected chi connectivity index (χ4v) is 11.5. The highest BCUT2D eigenvalue weighted by Gasteiger charge is 2.64. The summed E-state index contributed by atoms with van der Waals surface area (Å²) in [6.45, 7) is 10.6. The molecule has 6 N–H and O–H groups in total. The van der Waals surface area contributed by atoms with Crippen LogP contribution in [0.15, 0.2) is 48.1 Å². The molecule has 2 aromatic carbocycles. The summed E-state index contributed by atoms with van der Waals surface area (Å²) in [6, 6.07) is 2.65. The van der Waals surface area contributed by atoms with E-state index in [1.807, 2.05) is 13.0 Å². The lowest BCUT2D eigenvalue weighted by molar-refractivity contribution is -0.187. The number of carbonyl (C=O) groups excluding carboxylic acids is 9. The number of halogens is 3. The SMILES string of the molecule is COc1cc2cc(c1Cl)N(C)C(=O)C[C@H](OC(=O)Nc1cc(F)c(CC(=O)[C@H](CCCNC(N)=O)NC(=O)[C@@H](CC(=O)CCCCCN3C(=O)CC(C)C3=O)C(C)C)cc1F)[C@]1(C)O[C@H]1[C@H](C)[C@@H]1C[C@@](O)(CC(=O)O1)[C@H](OC)/C=C/C=C(\C)C2. The van der Waals surface area contributed by atoms with Gasteiger partial charge in [-0.3, -0.25) is 43.8 Å². The summed E-state index contributed by atoms with van der Waals surface area (Å²) in [5.74, 6) is -7.62. The predicted octanol–water partition coefficient (Wildman–Crippen LogP) is 7.13. The van der Waals surface area contributed by atoms with Gasteiger partial charge in [0.15, 0.2) is 5.78 Å². The van der Waals surface area contributed by atoms with Gasteiger partial charge in [-0.25, -0.2) is 18.4 Å². The number of aliphatic hydroxyl groups is 1. The number of imide groups is 1. The number of nitrogens with one attached hydrogen (secondary N) is 3. The molecule has 0 aliphatic carbocycles. The number of methoxy groups -OCH3 is 2. The number of amides is 7. The third-order valence-electron chi connectivity index (χ3n) is 16.3. The van der Waals surface area contributed by atoms with Crippen molar-refractivity contribution < 1.29 is 80.7 Å². The second-order valence-electron chi connectivity index (χ2n) is 23.1. The van der Waals surface area contributed by atoms with Crippen molar-refractivity contribution in [3.63, 3.8) is 0 Å². The standard InChI is InChI=1S/C60H79ClF2N6O15/c1-32(2)39(27-38(70)16-11-10-12-20-69-51(73)22-34(4)56(69)76)55(75)66-42(17-14-19-65-57(64)77)45(71)26-37-25-41(63)43(28-40(37)62)67-58(78)83-49-29-50(72)68(7)44-23-36(24-46(80-8)53(44)61)21-33(3)15-13-18-48(81-9)60(79)30-47(82-52(74)31-60)35(5)54-59(49,6)84-54/h13,15,18,23-25,28,32,34-35,39,42,47-49,54,79H,10-12,14,16-17,19-22,26-27,29-31H2,1-9H3,(H,66,75)(H,67,78)(H3,64,65,77)/b18-13+,33-15+/t34?,35-,39+,42+,47+,48-,49+,54+,59+,60-/m1/s1. The topological polar surface area (TPSA) is 292 Å². The first-order chi connectivity index (χ1) is 39.6. The lowest BCUT2D eigenvalue weighted by Gasteiger charge is -2.41. The number of Topliss-reactive ketones (excluding diaryl/α,β-unsaturated/α-hetero) is 2. The zero-order valence-electron chi connectivity index (χ0n) is 49.1. The molecule has 7 amide bonds. The van der Waals surface area contributed by atoms with Crippen molar-refractivity contribution in [2.75, 3.05) is 44.6 Å². The Labute approximate surface area is 493 Å². The summed E-state index contributed by atoms with van der Waals surface area (Å²) in [6.07, 6.45) is 0.0578. The number of primary amides is 1. The van der Waals surface area contributed by atoms with Gasteiger partial charge in [-0.1, -0.05) is 69.5 Å². The van der Waals surface area contributed by atoms with Crippen LogP contribution in [-0.4, -0.2) is 139 Å². The molecule has 3 saturated heterocycles. The number of esters is 1. The van der Waals surface area contributed by atoms with E-state index in [-0.39, 0.29) is 104 Å². The normalized spacial score (nSPS) is 26.3. The Balaban J connectivity index is 1.18. The number of allylic oxidation sites excluding steroid dienone is 3. The summed E-state index contributed by atoms with van der Waals surface area (Å²) in [4.78, 5) is 121. The Morgan fingerprint density at radius 3 is 2.36 bits per heavy atom. The van der Waals surface area contributed by atoms with Gasteiger partial charge in [-0.15, -0.1) is 0 Å². The van der Waals surface area contributed by atoms with Crippen LogP contribution in [0.5, 0.6) is 5.75 Å². The van der Waals surface area contributed by atoms with Crippen LogP contribution in [0.3, 0.4) is 0 Å². The number of likely N-dealkylation sites (tertiary alicyclic amines) is 1. The molecule has 0 spiro atoms. The van der Waals surface area contributed by atoms with Gasteiger partial charge in [-0.05, 0) is 81.2 Å². The number of hydrogen-bond donors (Lipinski definition) is 5. The van der Waals surface area contributed by atoms with Crippen molar-refractivity contribution in [2.24, 2.45) is 29.4 Å². The van der Waals surface area contributed by atoms with Crippen LogP contribution in [-0.2, 0) is 65.4 Å². The van der Waals surface area contributed by atoms with Crippen molar-refractivity contribution in [2.45, 2.75) is 167 Å². The Morgan fingerprint density at radius 1 is 0.976 bits per heavy atom. The fourth-order valence-electron chi connectivity index (χ4n) is 11.2. The molecule has 4 aliphatic heterocycles. The van der Waals surface area contributed by atoms with Gasteiger partial charge in [0.05, 0.1) is 43.5 Å². The molecule has 24 heteroatoms. The third kappa shape index (κ3) is 16.7. The third-order valence-corrected chi connectivity index (χ3v) is 16.6. The van der Waals surface area contributed by atoms with Crippen LogP contribution in [0.4, 0.5) is 29.7 Å². The van der Waals surface area contributed by atoms with Gasteiger partial charge < -0.3 is 50.1 Å². The molecule has 2 aromatic rings. The number of urea groups is 1. The minimum absolute atomic E-state index is 0.0130. The molecule has 0 saturated carbocycles. The van der Waals surface area contributed by atoms with Crippen molar-refractivity contribution >= 4 is 76.3 Å². The van der Waals surface area contributed by atoms with E-state index in [9.17, 15) is 48.3 Å².